The minimum atomic E-state index is 0.911. The number of aromatic nitrogens is 1. The monoisotopic (exact) mass is 272 g/mol. The van der Waals surface area contributed by atoms with E-state index in [-0.39, 0.29) is 0 Å². The molecule has 0 saturated carbocycles. The predicted octanol–water partition coefficient (Wildman–Crippen LogP) is 4.22. The topological polar surface area (TPSA) is 16.1 Å². The summed E-state index contributed by atoms with van der Waals surface area (Å²) in [5.74, 6) is 0. The maximum Gasteiger partial charge on any atom is 0.0705 e. The lowest BCUT2D eigenvalue weighted by atomic mass is 10.0. The molecule has 0 unspecified atom stereocenters. The van der Waals surface area contributed by atoms with Crippen LogP contribution >= 0.6 is 0 Å². The van der Waals surface area contributed by atoms with Gasteiger partial charge in [0.1, 0.15) is 0 Å². The van der Waals surface area contributed by atoms with Gasteiger partial charge in [-0.1, -0.05) is 42.5 Å². The predicted molar refractivity (Wildman–Crippen MR) is 86.5 cm³/mol. The number of benzene rings is 2. The second-order valence-corrected chi connectivity index (χ2v) is 5.41. The molecule has 2 nitrogen and oxygen atoms in total. The van der Waals surface area contributed by atoms with Crippen molar-refractivity contribution in [2.45, 2.75) is 13.1 Å². The highest BCUT2D eigenvalue weighted by Gasteiger charge is 2.11. The van der Waals surface area contributed by atoms with Crippen LogP contribution in [0, 0.1) is 0 Å². The zero-order chi connectivity index (χ0) is 14.1. The van der Waals surface area contributed by atoms with Crippen molar-refractivity contribution in [2.75, 3.05) is 0 Å². The van der Waals surface area contributed by atoms with Crippen molar-refractivity contribution in [1.29, 1.82) is 0 Å². The molecule has 21 heavy (non-hydrogen) atoms. The summed E-state index contributed by atoms with van der Waals surface area (Å²) in [7, 11) is 0. The van der Waals surface area contributed by atoms with Gasteiger partial charge in [0.05, 0.1) is 5.52 Å². The molecular weight excluding hydrogens is 256 g/mol. The highest BCUT2D eigenvalue weighted by Crippen LogP contribution is 2.23. The van der Waals surface area contributed by atoms with Gasteiger partial charge in [0.15, 0.2) is 0 Å². The zero-order valence-corrected chi connectivity index (χ0v) is 11.7. The average molecular weight is 272 g/mol. The fourth-order valence-electron chi connectivity index (χ4n) is 2.92. The first kappa shape index (κ1) is 12.2. The van der Waals surface area contributed by atoms with Crippen molar-refractivity contribution >= 4 is 17.0 Å². The van der Waals surface area contributed by atoms with Crippen LogP contribution in [-0.2, 0) is 13.1 Å². The molecule has 2 heteroatoms. The Bertz CT molecular complexity index is 815. The molecule has 0 saturated heterocycles. The Morgan fingerprint density at radius 3 is 2.81 bits per heavy atom. The van der Waals surface area contributed by atoms with Gasteiger partial charge in [-0.3, -0.25) is 4.98 Å². The Labute approximate surface area is 124 Å². The lowest BCUT2D eigenvalue weighted by Gasteiger charge is -2.25. The molecule has 0 aliphatic carbocycles. The Morgan fingerprint density at radius 2 is 1.81 bits per heavy atom. The number of rotatable bonds is 2. The number of nitrogens with zero attached hydrogens (tertiary/aromatic N) is 2. The van der Waals surface area contributed by atoms with E-state index in [1.807, 2.05) is 12.3 Å². The van der Waals surface area contributed by atoms with E-state index >= 15 is 0 Å². The third-order valence-electron chi connectivity index (χ3n) is 4.01. The maximum atomic E-state index is 4.43. The summed E-state index contributed by atoms with van der Waals surface area (Å²) < 4.78 is 0. The van der Waals surface area contributed by atoms with Gasteiger partial charge in [-0.25, -0.2) is 0 Å². The van der Waals surface area contributed by atoms with Crippen molar-refractivity contribution in [3.8, 4) is 0 Å². The van der Waals surface area contributed by atoms with E-state index in [2.05, 4.69) is 70.7 Å². The fraction of sp³-hybridized carbons (Fsp3) is 0.105. The van der Waals surface area contributed by atoms with Crippen LogP contribution in [0.2, 0.25) is 0 Å². The van der Waals surface area contributed by atoms with Gasteiger partial charge >= 0.3 is 0 Å². The Hall–Kier alpha value is -2.61. The van der Waals surface area contributed by atoms with Crippen molar-refractivity contribution in [3.05, 3.63) is 83.7 Å². The largest absolute Gasteiger partial charge is 0.369 e. The first-order chi connectivity index (χ1) is 10.4. The van der Waals surface area contributed by atoms with Crippen molar-refractivity contribution in [3.63, 3.8) is 0 Å². The van der Waals surface area contributed by atoms with Crippen LogP contribution in [0.1, 0.15) is 16.7 Å². The average Bonchev–Trinajstić information content (AvgIpc) is 2.55. The first-order valence-corrected chi connectivity index (χ1v) is 7.23. The highest BCUT2D eigenvalue weighted by molar-refractivity contribution is 5.81. The molecule has 1 aliphatic heterocycles. The third-order valence-corrected chi connectivity index (χ3v) is 4.01. The van der Waals surface area contributed by atoms with Crippen LogP contribution in [0.3, 0.4) is 0 Å². The molecule has 2 aromatic carbocycles. The lowest BCUT2D eigenvalue weighted by molar-refractivity contribution is 0.361. The SMILES string of the molecule is C1=CN(Cc2ccnc3ccccc23)Cc2ccccc21. The third kappa shape index (κ3) is 2.29. The molecule has 2 heterocycles. The minimum absolute atomic E-state index is 0.911. The number of fused-ring (bicyclic) bond motifs is 2. The molecule has 0 radical (unpaired) electrons. The number of pyridine rings is 1. The van der Waals surface area contributed by atoms with Crippen LogP contribution in [0.15, 0.2) is 67.0 Å². The Kier molecular flexibility index (Phi) is 2.93. The normalized spacial score (nSPS) is 13.4. The van der Waals surface area contributed by atoms with E-state index in [0.717, 1.165) is 18.6 Å². The molecule has 4 rings (SSSR count). The van der Waals surface area contributed by atoms with Crippen molar-refractivity contribution in [2.24, 2.45) is 0 Å². The summed E-state index contributed by atoms with van der Waals surface area (Å²) in [5.41, 5.74) is 5.10. The molecule has 3 aromatic rings. The van der Waals surface area contributed by atoms with E-state index in [1.54, 1.807) is 0 Å². The lowest BCUT2D eigenvalue weighted by Crippen LogP contribution is -2.19. The van der Waals surface area contributed by atoms with E-state index in [0.29, 0.717) is 0 Å². The summed E-state index contributed by atoms with van der Waals surface area (Å²) >= 11 is 0. The van der Waals surface area contributed by atoms with E-state index in [9.17, 15) is 0 Å². The van der Waals surface area contributed by atoms with E-state index in [4.69, 9.17) is 0 Å². The number of para-hydroxylation sites is 1. The quantitative estimate of drug-likeness (QED) is 0.694. The van der Waals surface area contributed by atoms with Gasteiger partial charge in [0.2, 0.25) is 0 Å². The summed E-state index contributed by atoms with van der Waals surface area (Å²) in [6.07, 6.45) is 6.29. The molecule has 1 aromatic heterocycles. The molecule has 0 spiro atoms. The molecule has 1 aliphatic rings. The van der Waals surface area contributed by atoms with Crippen LogP contribution in [0.25, 0.3) is 17.0 Å². The maximum absolute atomic E-state index is 4.43. The number of hydrogen-bond donors (Lipinski definition) is 0. The van der Waals surface area contributed by atoms with Crippen LogP contribution in [-0.4, -0.2) is 9.88 Å². The van der Waals surface area contributed by atoms with Gasteiger partial charge in [-0.05, 0) is 34.9 Å². The van der Waals surface area contributed by atoms with E-state index < -0.39 is 0 Å². The molecule has 0 fully saturated rings. The summed E-state index contributed by atoms with van der Waals surface area (Å²) in [6, 6.07) is 19.0. The minimum Gasteiger partial charge on any atom is -0.369 e. The molecule has 0 bridgehead atoms. The highest BCUT2D eigenvalue weighted by atomic mass is 15.1. The number of hydrogen-bond acceptors (Lipinski definition) is 2. The van der Waals surface area contributed by atoms with Crippen molar-refractivity contribution < 1.29 is 0 Å². The fourth-order valence-corrected chi connectivity index (χ4v) is 2.92. The second-order valence-electron chi connectivity index (χ2n) is 5.41. The molecule has 0 N–H and O–H groups in total. The van der Waals surface area contributed by atoms with Crippen LogP contribution in [0.4, 0.5) is 0 Å². The Balaban J connectivity index is 1.65. The van der Waals surface area contributed by atoms with E-state index in [1.165, 1.54) is 22.1 Å². The molecule has 0 atom stereocenters. The second kappa shape index (κ2) is 5.06. The molecule has 102 valence electrons. The van der Waals surface area contributed by atoms with Crippen LogP contribution < -0.4 is 0 Å². The summed E-state index contributed by atoms with van der Waals surface area (Å²) in [6.45, 7) is 1.87. The standard InChI is InChI=1S/C19H16N2/c1-2-6-16-13-21(12-10-15(16)5-1)14-17-9-11-20-19-8-4-3-7-18(17)19/h1-12H,13-14H2. The zero-order valence-electron chi connectivity index (χ0n) is 11.7. The molecular formula is C19H16N2. The summed E-state index contributed by atoms with van der Waals surface area (Å²) in [4.78, 5) is 6.79. The summed E-state index contributed by atoms with van der Waals surface area (Å²) in [5, 5.41) is 1.24. The van der Waals surface area contributed by atoms with Gasteiger partial charge in [-0.2, -0.15) is 0 Å². The van der Waals surface area contributed by atoms with Gasteiger partial charge in [0.25, 0.3) is 0 Å². The van der Waals surface area contributed by atoms with Gasteiger partial charge in [0, 0.05) is 30.9 Å². The first-order valence-electron chi connectivity index (χ1n) is 7.23. The van der Waals surface area contributed by atoms with Gasteiger partial charge in [-0.15, -0.1) is 0 Å². The molecule has 0 amide bonds. The smallest absolute Gasteiger partial charge is 0.0705 e. The Morgan fingerprint density at radius 1 is 0.952 bits per heavy atom. The van der Waals surface area contributed by atoms with Gasteiger partial charge < -0.3 is 4.90 Å². The van der Waals surface area contributed by atoms with Crippen LogP contribution in [0.5, 0.6) is 0 Å². The van der Waals surface area contributed by atoms with Crippen molar-refractivity contribution in [1.82, 2.24) is 9.88 Å².